The molecule has 0 amide bonds. The summed E-state index contributed by atoms with van der Waals surface area (Å²) in [6.07, 6.45) is -0.161. The molecule has 0 fully saturated rings. The van der Waals surface area contributed by atoms with Gasteiger partial charge in [0.15, 0.2) is 17.6 Å². The smallest absolute Gasteiger partial charge is 0.161 e. The number of hydrazine groups is 1. The number of fused-ring (bicyclic) bond motifs is 1. The van der Waals surface area contributed by atoms with Gasteiger partial charge in [0.2, 0.25) is 0 Å². The molecule has 4 nitrogen and oxygen atoms in total. The highest BCUT2D eigenvalue weighted by Gasteiger charge is 2.29. The third kappa shape index (κ3) is 2.86. The lowest BCUT2D eigenvalue weighted by Crippen LogP contribution is -2.44. The van der Waals surface area contributed by atoms with Crippen molar-refractivity contribution in [2.75, 3.05) is 6.61 Å². The van der Waals surface area contributed by atoms with E-state index in [0.717, 1.165) is 17.1 Å². The Labute approximate surface area is 124 Å². The van der Waals surface area contributed by atoms with E-state index < -0.39 is 0 Å². The van der Waals surface area contributed by atoms with Crippen molar-refractivity contribution in [3.63, 3.8) is 0 Å². The van der Waals surface area contributed by atoms with Gasteiger partial charge in [-0.2, -0.15) is 0 Å². The van der Waals surface area contributed by atoms with Crippen LogP contribution in [0.4, 0.5) is 0 Å². The normalized spacial score (nSPS) is 18.3. The summed E-state index contributed by atoms with van der Waals surface area (Å²) >= 11 is 0. The van der Waals surface area contributed by atoms with E-state index in [1.807, 2.05) is 24.3 Å². The number of aryl methyl sites for hydroxylation is 2. The molecule has 4 heteroatoms. The number of nitrogens with two attached hydrogens (primary N) is 1. The van der Waals surface area contributed by atoms with E-state index in [2.05, 4.69) is 37.5 Å². The van der Waals surface area contributed by atoms with Crippen molar-refractivity contribution >= 4 is 0 Å². The summed E-state index contributed by atoms with van der Waals surface area (Å²) in [6, 6.07) is 14.0. The van der Waals surface area contributed by atoms with Gasteiger partial charge in [0.05, 0.1) is 6.04 Å². The lowest BCUT2D eigenvalue weighted by molar-refractivity contribution is 0.0617. The maximum atomic E-state index is 6.05. The summed E-state index contributed by atoms with van der Waals surface area (Å²) in [5, 5.41) is 0. The van der Waals surface area contributed by atoms with E-state index >= 15 is 0 Å². The summed E-state index contributed by atoms with van der Waals surface area (Å²) < 4.78 is 11.8. The van der Waals surface area contributed by atoms with Crippen LogP contribution in [0.3, 0.4) is 0 Å². The Morgan fingerprint density at radius 3 is 2.43 bits per heavy atom. The molecule has 0 saturated carbocycles. The van der Waals surface area contributed by atoms with Gasteiger partial charge in [0.25, 0.3) is 0 Å². The van der Waals surface area contributed by atoms with Gasteiger partial charge in [0, 0.05) is 0 Å². The monoisotopic (exact) mass is 284 g/mol. The fourth-order valence-electron chi connectivity index (χ4n) is 2.81. The molecule has 1 heterocycles. The van der Waals surface area contributed by atoms with Gasteiger partial charge in [-0.1, -0.05) is 41.5 Å². The highest BCUT2D eigenvalue weighted by molar-refractivity contribution is 5.41. The molecule has 3 rings (SSSR count). The Morgan fingerprint density at radius 2 is 1.76 bits per heavy atom. The molecule has 1 aliphatic rings. The molecule has 0 bridgehead atoms. The number of rotatable bonds is 3. The highest BCUT2D eigenvalue weighted by atomic mass is 16.6. The quantitative estimate of drug-likeness (QED) is 0.672. The van der Waals surface area contributed by atoms with Crippen molar-refractivity contribution in [2.45, 2.75) is 26.0 Å². The Kier molecular flexibility index (Phi) is 3.82. The van der Waals surface area contributed by atoms with E-state index in [1.54, 1.807) is 0 Å². The second-order valence-electron chi connectivity index (χ2n) is 5.48. The zero-order chi connectivity index (χ0) is 14.8. The second kappa shape index (κ2) is 5.76. The molecule has 2 atom stereocenters. The van der Waals surface area contributed by atoms with E-state index in [4.69, 9.17) is 15.3 Å². The largest absolute Gasteiger partial charge is 0.486 e. The first kappa shape index (κ1) is 13.9. The van der Waals surface area contributed by atoms with Crippen LogP contribution in [0.25, 0.3) is 0 Å². The second-order valence-corrected chi connectivity index (χ2v) is 5.48. The first-order chi connectivity index (χ1) is 10.2. The fraction of sp³-hybridized carbons (Fsp3) is 0.294. The maximum absolute atomic E-state index is 6.05. The summed E-state index contributed by atoms with van der Waals surface area (Å²) in [6.45, 7) is 4.63. The molecule has 0 aromatic heterocycles. The number of nitrogens with one attached hydrogen (secondary N) is 1. The SMILES string of the molecule is Cc1cc(C)cc(C(NN)C2COc3ccccc3O2)c1. The van der Waals surface area contributed by atoms with Crippen LogP contribution in [0.15, 0.2) is 42.5 Å². The molecule has 1 aliphatic heterocycles. The number of hydrogen-bond acceptors (Lipinski definition) is 4. The van der Waals surface area contributed by atoms with Crippen molar-refractivity contribution in [3.05, 3.63) is 59.2 Å². The van der Waals surface area contributed by atoms with Crippen LogP contribution in [0.5, 0.6) is 11.5 Å². The lowest BCUT2D eigenvalue weighted by Gasteiger charge is -2.32. The summed E-state index contributed by atoms with van der Waals surface area (Å²) in [5.74, 6) is 7.31. The van der Waals surface area contributed by atoms with Crippen molar-refractivity contribution in [2.24, 2.45) is 5.84 Å². The number of benzene rings is 2. The van der Waals surface area contributed by atoms with Crippen LogP contribution in [0, 0.1) is 13.8 Å². The summed E-state index contributed by atoms with van der Waals surface area (Å²) in [7, 11) is 0. The predicted octanol–water partition coefficient (Wildman–Crippen LogP) is 2.65. The number of para-hydroxylation sites is 2. The summed E-state index contributed by atoms with van der Waals surface area (Å²) in [5.41, 5.74) is 6.40. The average molecular weight is 284 g/mol. The van der Waals surface area contributed by atoms with Gasteiger partial charge in [-0.25, -0.2) is 5.43 Å². The molecular formula is C17H20N2O2. The van der Waals surface area contributed by atoms with Crippen molar-refractivity contribution < 1.29 is 9.47 Å². The molecule has 0 saturated heterocycles. The first-order valence-electron chi connectivity index (χ1n) is 7.10. The molecule has 2 unspecified atom stereocenters. The van der Waals surface area contributed by atoms with Crippen molar-refractivity contribution in [1.29, 1.82) is 0 Å². The van der Waals surface area contributed by atoms with Crippen LogP contribution in [-0.4, -0.2) is 12.7 Å². The van der Waals surface area contributed by atoms with E-state index in [0.29, 0.717) is 6.61 Å². The van der Waals surface area contributed by atoms with E-state index in [1.165, 1.54) is 11.1 Å². The zero-order valence-electron chi connectivity index (χ0n) is 12.3. The first-order valence-corrected chi connectivity index (χ1v) is 7.10. The van der Waals surface area contributed by atoms with Gasteiger partial charge < -0.3 is 9.47 Å². The fourth-order valence-corrected chi connectivity index (χ4v) is 2.81. The molecule has 21 heavy (non-hydrogen) atoms. The lowest BCUT2D eigenvalue weighted by atomic mass is 9.97. The Balaban J connectivity index is 1.88. The molecule has 110 valence electrons. The van der Waals surface area contributed by atoms with Gasteiger partial charge >= 0.3 is 0 Å². The highest BCUT2D eigenvalue weighted by Crippen LogP contribution is 2.34. The van der Waals surface area contributed by atoms with Gasteiger partial charge in [-0.05, 0) is 31.5 Å². The van der Waals surface area contributed by atoms with Crippen LogP contribution >= 0.6 is 0 Å². The van der Waals surface area contributed by atoms with Crippen molar-refractivity contribution in [1.82, 2.24) is 5.43 Å². The third-order valence-electron chi connectivity index (χ3n) is 3.69. The molecule has 0 radical (unpaired) electrons. The minimum Gasteiger partial charge on any atom is -0.486 e. The standard InChI is InChI=1S/C17H20N2O2/c1-11-7-12(2)9-13(8-11)17(19-18)16-10-20-14-5-3-4-6-15(14)21-16/h3-9,16-17,19H,10,18H2,1-2H3. The Morgan fingerprint density at radius 1 is 1.10 bits per heavy atom. The van der Waals surface area contributed by atoms with Crippen molar-refractivity contribution in [3.8, 4) is 11.5 Å². The Bertz CT molecular complexity index is 622. The predicted molar refractivity (Wildman–Crippen MR) is 82.3 cm³/mol. The Hall–Kier alpha value is -2.04. The topological polar surface area (TPSA) is 56.5 Å². The minimum absolute atomic E-state index is 0.114. The van der Waals surface area contributed by atoms with Gasteiger partial charge in [0.1, 0.15) is 6.61 Å². The number of hydrogen-bond donors (Lipinski definition) is 2. The maximum Gasteiger partial charge on any atom is 0.161 e. The number of ether oxygens (including phenoxy) is 2. The minimum atomic E-state index is -0.161. The molecule has 0 spiro atoms. The van der Waals surface area contributed by atoms with E-state index in [9.17, 15) is 0 Å². The van der Waals surface area contributed by atoms with Crippen LogP contribution < -0.4 is 20.7 Å². The molecule has 3 N–H and O–H groups in total. The third-order valence-corrected chi connectivity index (χ3v) is 3.69. The molecular weight excluding hydrogens is 264 g/mol. The molecule has 2 aromatic rings. The molecule has 2 aromatic carbocycles. The van der Waals surface area contributed by atoms with Gasteiger partial charge in [-0.3, -0.25) is 5.84 Å². The van der Waals surface area contributed by atoms with Crippen LogP contribution in [0.1, 0.15) is 22.7 Å². The van der Waals surface area contributed by atoms with E-state index in [-0.39, 0.29) is 12.1 Å². The van der Waals surface area contributed by atoms with Crippen LogP contribution in [0.2, 0.25) is 0 Å². The van der Waals surface area contributed by atoms with Gasteiger partial charge in [-0.15, -0.1) is 0 Å². The average Bonchev–Trinajstić information content (AvgIpc) is 2.47. The van der Waals surface area contributed by atoms with Crippen LogP contribution in [-0.2, 0) is 0 Å². The zero-order valence-corrected chi connectivity index (χ0v) is 12.3. The summed E-state index contributed by atoms with van der Waals surface area (Å²) in [4.78, 5) is 0. The molecule has 0 aliphatic carbocycles.